The van der Waals surface area contributed by atoms with Crippen molar-refractivity contribution in [2.75, 3.05) is 24.0 Å². The Morgan fingerprint density at radius 2 is 1.15 bits per heavy atom. The van der Waals surface area contributed by atoms with Crippen molar-refractivity contribution >= 4 is 46.9 Å². The highest BCUT2D eigenvalue weighted by atomic mass is 16.5. The van der Waals surface area contributed by atoms with E-state index in [4.69, 9.17) is 9.47 Å². The van der Waals surface area contributed by atoms with Crippen LogP contribution in [0.2, 0.25) is 0 Å². The fourth-order valence-corrected chi connectivity index (χ4v) is 8.46. The van der Waals surface area contributed by atoms with Crippen LogP contribution in [0.25, 0.3) is 0 Å². The third-order valence-corrected chi connectivity index (χ3v) is 10.3. The van der Waals surface area contributed by atoms with E-state index in [-0.39, 0.29) is 23.2 Å². The molecule has 0 radical (unpaired) electrons. The lowest BCUT2D eigenvalue weighted by molar-refractivity contribution is -0.161. The van der Waals surface area contributed by atoms with Gasteiger partial charge >= 0.3 is 11.9 Å². The first-order chi connectivity index (χ1) is 19.2. The number of amides is 4. The number of ether oxygens (including phenoxy) is 2. The molecule has 10 heteroatoms. The lowest BCUT2D eigenvalue weighted by Gasteiger charge is -2.45. The van der Waals surface area contributed by atoms with Gasteiger partial charge in [-0.1, -0.05) is 30.4 Å². The Hall–Kier alpha value is -4.08. The van der Waals surface area contributed by atoms with Crippen molar-refractivity contribution in [2.24, 2.45) is 46.3 Å². The fraction of sp³-hybridized carbons (Fsp3) is 0.467. The molecule has 1 aromatic rings. The number of nitrogens with zero attached hydrogens (tertiary/aromatic N) is 2. The number of hydrogen-bond donors (Lipinski definition) is 0. The van der Waals surface area contributed by atoms with Crippen LogP contribution in [0.15, 0.2) is 48.6 Å². The van der Waals surface area contributed by atoms with E-state index in [1.807, 2.05) is 12.2 Å². The fourth-order valence-electron chi connectivity index (χ4n) is 8.46. The second-order valence-electron chi connectivity index (χ2n) is 11.7. The molecular weight excluding hydrogens is 516 g/mol. The summed E-state index contributed by atoms with van der Waals surface area (Å²) in [6, 6.07) is 6.23. The molecule has 0 aromatic heterocycles. The zero-order valence-corrected chi connectivity index (χ0v) is 22.1. The van der Waals surface area contributed by atoms with E-state index < -0.39 is 70.1 Å². The molecule has 6 aliphatic carbocycles. The van der Waals surface area contributed by atoms with E-state index in [0.29, 0.717) is 25.7 Å². The van der Waals surface area contributed by atoms with Gasteiger partial charge in [-0.05, 0) is 55.7 Å². The number of allylic oxidation sites excluding steroid dienone is 2. The number of benzene rings is 1. The quantitative estimate of drug-likeness (QED) is 0.321. The highest BCUT2D eigenvalue weighted by molar-refractivity contribution is 6.26. The molecule has 4 bridgehead atoms. The number of fused-ring (bicyclic) bond motifs is 2. The Labute approximate surface area is 229 Å². The number of hydrogen-bond acceptors (Lipinski definition) is 8. The summed E-state index contributed by atoms with van der Waals surface area (Å²) in [4.78, 5) is 83.0. The number of methoxy groups -OCH3 is 2. The zero-order valence-electron chi connectivity index (χ0n) is 22.1. The summed E-state index contributed by atoms with van der Waals surface area (Å²) in [5, 5.41) is 0. The summed E-state index contributed by atoms with van der Waals surface area (Å²) in [5.41, 5.74) is -1.95. The van der Waals surface area contributed by atoms with Crippen LogP contribution in [0, 0.1) is 46.3 Å². The smallest absolute Gasteiger partial charge is 0.316 e. The summed E-state index contributed by atoms with van der Waals surface area (Å²) in [6.07, 6.45) is 9.17. The topological polar surface area (TPSA) is 127 Å². The van der Waals surface area contributed by atoms with Crippen molar-refractivity contribution in [3.05, 3.63) is 48.6 Å². The van der Waals surface area contributed by atoms with Gasteiger partial charge in [0.05, 0.1) is 60.1 Å². The number of carbonyl (C=O) groups is 6. The molecule has 2 saturated carbocycles. The molecule has 8 atom stereocenters. The van der Waals surface area contributed by atoms with Crippen molar-refractivity contribution in [3.63, 3.8) is 0 Å². The molecule has 2 aliphatic heterocycles. The van der Waals surface area contributed by atoms with Crippen molar-refractivity contribution < 1.29 is 38.2 Å². The second kappa shape index (κ2) is 8.22. The van der Waals surface area contributed by atoms with Gasteiger partial charge in [-0.3, -0.25) is 28.8 Å². The van der Waals surface area contributed by atoms with Crippen LogP contribution in [0.4, 0.5) is 11.4 Å². The SMILES string of the molecule is COC(=O)[C@]12C=C[C@@H](CC1)[C@H]1C(=O)N(c3cccc(N4C(=O)[C@@H]5[C@@H](C4=O)[C@]4(C(=O)OC)C=C[C@H]5CC4)c3)C(=O)[C@H]12. The minimum absolute atomic E-state index is 0.163. The van der Waals surface area contributed by atoms with Gasteiger partial charge in [0.1, 0.15) is 0 Å². The molecular formula is C30H28N2O8. The molecule has 9 rings (SSSR count). The van der Waals surface area contributed by atoms with E-state index in [9.17, 15) is 28.8 Å². The lowest BCUT2D eigenvalue weighted by Crippen LogP contribution is -2.51. The molecule has 1 aromatic carbocycles. The van der Waals surface area contributed by atoms with Crippen molar-refractivity contribution in [2.45, 2.75) is 25.7 Å². The van der Waals surface area contributed by atoms with Gasteiger partial charge < -0.3 is 9.47 Å². The molecule has 2 heterocycles. The first-order valence-electron chi connectivity index (χ1n) is 13.6. The Bertz CT molecular complexity index is 1370. The van der Waals surface area contributed by atoms with Crippen molar-refractivity contribution in [3.8, 4) is 0 Å². The molecule has 0 unspecified atom stereocenters. The highest BCUT2D eigenvalue weighted by Gasteiger charge is 2.67. The average Bonchev–Trinajstić information content (AvgIpc) is 3.44. The Balaban J connectivity index is 1.25. The van der Waals surface area contributed by atoms with Crippen molar-refractivity contribution in [1.82, 2.24) is 0 Å². The normalized spacial score (nSPS) is 38.6. The lowest BCUT2D eigenvalue weighted by atomic mass is 9.55. The third kappa shape index (κ3) is 2.83. The van der Waals surface area contributed by atoms with Crippen LogP contribution in [0.1, 0.15) is 25.7 Å². The van der Waals surface area contributed by atoms with Gasteiger partial charge in [0, 0.05) is 0 Å². The molecule has 206 valence electrons. The standard InChI is InChI=1S/C30H28N2O8/c1-39-27(37)29-10-6-15(7-11-29)19-21(29)25(35)31(23(19)33)17-4-3-5-18(14-17)32-24(34)20-16-8-12-30(13-9-16,28(38)40-2)22(20)26(32)36/h3-6,8,10,12,14-16,19-22H,7,9,11,13H2,1-2H3/t15-,16-,19-,20+,21-,22-,29-,30+/m0/s1. The van der Waals surface area contributed by atoms with E-state index in [0.717, 1.165) is 9.80 Å². The van der Waals surface area contributed by atoms with E-state index in [1.54, 1.807) is 30.4 Å². The summed E-state index contributed by atoms with van der Waals surface area (Å²) >= 11 is 0. The number of rotatable bonds is 4. The van der Waals surface area contributed by atoms with Crippen molar-refractivity contribution in [1.29, 1.82) is 0 Å². The number of imide groups is 2. The molecule has 4 amide bonds. The Morgan fingerprint density at radius 3 is 1.50 bits per heavy atom. The Morgan fingerprint density at radius 1 is 0.725 bits per heavy atom. The third-order valence-electron chi connectivity index (χ3n) is 10.3. The summed E-state index contributed by atoms with van der Waals surface area (Å²) in [7, 11) is 2.55. The van der Waals surface area contributed by atoms with Crippen LogP contribution in [0.3, 0.4) is 0 Å². The van der Waals surface area contributed by atoms with Gasteiger partial charge in [0.15, 0.2) is 0 Å². The number of esters is 2. The molecule has 10 nitrogen and oxygen atoms in total. The second-order valence-corrected chi connectivity index (χ2v) is 11.7. The zero-order chi connectivity index (χ0) is 28.1. The summed E-state index contributed by atoms with van der Waals surface area (Å²) < 4.78 is 10.1. The minimum Gasteiger partial charge on any atom is -0.468 e. The van der Waals surface area contributed by atoms with Crippen LogP contribution in [-0.2, 0) is 38.2 Å². The highest BCUT2D eigenvalue weighted by Crippen LogP contribution is 2.59. The van der Waals surface area contributed by atoms with E-state index >= 15 is 0 Å². The minimum atomic E-state index is -1.20. The maximum atomic E-state index is 13.8. The molecule has 0 spiro atoms. The largest absolute Gasteiger partial charge is 0.468 e. The van der Waals surface area contributed by atoms with Crippen LogP contribution < -0.4 is 9.80 Å². The van der Waals surface area contributed by atoms with Crippen LogP contribution in [0.5, 0.6) is 0 Å². The predicted molar refractivity (Wildman–Crippen MR) is 138 cm³/mol. The van der Waals surface area contributed by atoms with Gasteiger partial charge in [-0.25, -0.2) is 9.80 Å². The Kier molecular flexibility index (Phi) is 5.12. The molecule has 8 aliphatic rings. The molecule has 4 fully saturated rings. The maximum Gasteiger partial charge on any atom is 0.316 e. The molecule has 2 saturated heterocycles. The van der Waals surface area contributed by atoms with Gasteiger partial charge in [0.25, 0.3) is 0 Å². The van der Waals surface area contributed by atoms with Crippen LogP contribution >= 0.6 is 0 Å². The predicted octanol–water partition coefficient (Wildman–Crippen LogP) is 2.18. The monoisotopic (exact) mass is 544 g/mol. The summed E-state index contributed by atoms with van der Waals surface area (Å²) in [5.74, 6) is -6.33. The van der Waals surface area contributed by atoms with Gasteiger partial charge in [0.2, 0.25) is 23.6 Å². The number of anilines is 2. The molecule has 40 heavy (non-hydrogen) atoms. The van der Waals surface area contributed by atoms with E-state index in [2.05, 4.69) is 0 Å². The van der Waals surface area contributed by atoms with E-state index in [1.165, 1.54) is 20.3 Å². The van der Waals surface area contributed by atoms with Crippen LogP contribution in [-0.4, -0.2) is 49.8 Å². The summed E-state index contributed by atoms with van der Waals surface area (Å²) in [6.45, 7) is 0. The maximum absolute atomic E-state index is 13.8. The average molecular weight is 545 g/mol. The van der Waals surface area contributed by atoms with Gasteiger partial charge in [-0.15, -0.1) is 0 Å². The van der Waals surface area contributed by atoms with Gasteiger partial charge in [-0.2, -0.15) is 0 Å². The number of carbonyl (C=O) groups excluding carboxylic acids is 6. The molecule has 0 N–H and O–H groups in total. The first kappa shape index (κ1) is 24.9. The first-order valence-corrected chi connectivity index (χ1v) is 13.6.